The number of benzene rings is 1. The molecule has 0 aliphatic carbocycles. The smallest absolute Gasteiger partial charge is 0.159 e. The number of rotatable bonds is 3. The molecule has 0 aliphatic heterocycles. The average molecular weight is 265 g/mol. The van der Waals surface area contributed by atoms with Crippen molar-refractivity contribution in [3.05, 3.63) is 32.6 Å². The van der Waals surface area contributed by atoms with Gasteiger partial charge in [-0.15, -0.1) is 11.3 Å². The highest BCUT2D eigenvalue weighted by Crippen LogP contribution is 2.34. The van der Waals surface area contributed by atoms with Crippen LogP contribution in [-0.2, 0) is 6.42 Å². The summed E-state index contributed by atoms with van der Waals surface area (Å²) in [6.45, 7) is 4.22. The number of aromatic nitrogens is 1. The molecule has 0 amide bonds. The molecule has 0 spiro atoms. The van der Waals surface area contributed by atoms with Crippen LogP contribution in [0.1, 0.15) is 17.4 Å². The van der Waals surface area contributed by atoms with Crippen LogP contribution in [0, 0.1) is 10.9 Å². The van der Waals surface area contributed by atoms with E-state index in [0.29, 0.717) is 0 Å². The van der Waals surface area contributed by atoms with Gasteiger partial charge >= 0.3 is 0 Å². The fourth-order valence-electron chi connectivity index (χ4n) is 1.84. The molecule has 0 unspecified atom stereocenters. The number of H-pyrrole nitrogens is 1. The van der Waals surface area contributed by atoms with E-state index in [0.717, 1.165) is 27.4 Å². The van der Waals surface area contributed by atoms with Gasteiger partial charge in [-0.2, -0.15) is 0 Å². The van der Waals surface area contributed by atoms with E-state index in [2.05, 4.69) is 31.0 Å². The molecule has 1 aromatic carbocycles. The van der Waals surface area contributed by atoms with Gasteiger partial charge in [-0.3, -0.25) is 0 Å². The van der Waals surface area contributed by atoms with Crippen molar-refractivity contribution < 1.29 is 4.74 Å². The van der Waals surface area contributed by atoms with Crippen molar-refractivity contribution in [1.82, 2.24) is 4.98 Å². The van der Waals surface area contributed by atoms with Gasteiger partial charge in [0.05, 0.1) is 12.8 Å². The predicted octanol–water partition coefficient (Wildman–Crippen LogP) is 4.35. The third kappa shape index (κ3) is 2.42. The minimum atomic E-state index is 0.820. The van der Waals surface area contributed by atoms with Crippen molar-refractivity contribution in [2.75, 3.05) is 7.11 Å². The minimum Gasteiger partial charge on any atom is -0.496 e. The summed E-state index contributed by atoms with van der Waals surface area (Å²) in [6, 6.07) is 6.18. The Hall–Kier alpha value is -1.13. The van der Waals surface area contributed by atoms with E-state index in [1.807, 2.05) is 6.07 Å². The van der Waals surface area contributed by atoms with Gasteiger partial charge in [0, 0.05) is 10.4 Å². The zero-order valence-corrected chi connectivity index (χ0v) is 11.8. The predicted molar refractivity (Wildman–Crippen MR) is 75.6 cm³/mol. The van der Waals surface area contributed by atoms with E-state index in [1.54, 1.807) is 18.4 Å². The molecule has 1 heterocycles. The Kier molecular flexibility index (Phi) is 3.64. The number of ether oxygens (including phenoxy) is 1. The lowest BCUT2D eigenvalue weighted by atomic mass is 10.1. The zero-order chi connectivity index (χ0) is 12.4. The van der Waals surface area contributed by atoms with Crippen molar-refractivity contribution in [1.29, 1.82) is 0 Å². The number of aromatic amines is 1. The number of aryl methyl sites for hydroxylation is 2. The van der Waals surface area contributed by atoms with Crippen molar-refractivity contribution in [2.45, 2.75) is 20.3 Å². The van der Waals surface area contributed by atoms with Gasteiger partial charge in [0.25, 0.3) is 0 Å². The molecule has 1 N–H and O–H groups in total. The van der Waals surface area contributed by atoms with Crippen LogP contribution in [0.4, 0.5) is 0 Å². The second-order valence-corrected chi connectivity index (χ2v) is 5.64. The second kappa shape index (κ2) is 5.02. The molecule has 2 rings (SSSR count). The average Bonchev–Trinajstić information content (AvgIpc) is 2.70. The van der Waals surface area contributed by atoms with Gasteiger partial charge in [-0.1, -0.05) is 18.6 Å². The number of nitrogens with one attached hydrogen (secondary N) is 1. The molecule has 0 saturated carbocycles. The van der Waals surface area contributed by atoms with Crippen LogP contribution < -0.4 is 4.74 Å². The van der Waals surface area contributed by atoms with Crippen LogP contribution in [0.3, 0.4) is 0 Å². The Bertz CT molecular complexity index is 583. The maximum atomic E-state index is 5.41. The SMILES string of the molecule is CCc1sc(=S)[nH]c1-c1cc(C)ccc1OC. The number of methoxy groups -OCH3 is 1. The Labute approximate surface area is 110 Å². The van der Waals surface area contributed by atoms with Crippen molar-refractivity contribution in [3.63, 3.8) is 0 Å². The van der Waals surface area contributed by atoms with Crippen molar-refractivity contribution in [2.24, 2.45) is 0 Å². The van der Waals surface area contributed by atoms with E-state index in [-0.39, 0.29) is 0 Å². The van der Waals surface area contributed by atoms with E-state index < -0.39 is 0 Å². The topological polar surface area (TPSA) is 25.0 Å². The molecule has 17 heavy (non-hydrogen) atoms. The molecule has 0 fully saturated rings. The number of hydrogen-bond donors (Lipinski definition) is 1. The zero-order valence-electron chi connectivity index (χ0n) is 10.2. The highest BCUT2D eigenvalue weighted by molar-refractivity contribution is 7.73. The lowest BCUT2D eigenvalue weighted by molar-refractivity contribution is 0.416. The number of thiazole rings is 1. The Balaban J connectivity index is 2.66. The summed E-state index contributed by atoms with van der Waals surface area (Å²) in [7, 11) is 1.70. The first-order valence-corrected chi connectivity index (χ1v) is 6.75. The standard InChI is InChI=1S/C13H15NOS2/c1-4-11-12(14-13(16)17-11)9-7-8(2)5-6-10(9)15-3/h5-7H,4H2,1-3H3,(H,14,16). The largest absolute Gasteiger partial charge is 0.496 e. The van der Waals surface area contributed by atoms with Crippen LogP contribution in [0.2, 0.25) is 0 Å². The summed E-state index contributed by atoms with van der Waals surface area (Å²) >= 11 is 6.86. The Morgan fingerprint density at radius 3 is 2.82 bits per heavy atom. The van der Waals surface area contributed by atoms with Gasteiger partial charge < -0.3 is 9.72 Å². The lowest BCUT2D eigenvalue weighted by Gasteiger charge is -2.09. The molecule has 0 atom stereocenters. The van der Waals surface area contributed by atoms with Gasteiger partial charge in [-0.25, -0.2) is 0 Å². The van der Waals surface area contributed by atoms with Crippen LogP contribution in [-0.4, -0.2) is 12.1 Å². The van der Waals surface area contributed by atoms with Crippen molar-refractivity contribution in [3.8, 4) is 17.0 Å². The highest BCUT2D eigenvalue weighted by Gasteiger charge is 2.12. The molecule has 90 valence electrons. The first-order chi connectivity index (χ1) is 8.15. The van der Waals surface area contributed by atoms with Gasteiger partial charge in [0.15, 0.2) is 3.95 Å². The van der Waals surface area contributed by atoms with E-state index in [1.165, 1.54) is 10.4 Å². The molecule has 0 bridgehead atoms. The normalized spacial score (nSPS) is 10.5. The van der Waals surface area contributed by atoms with Gasteiger partial charge in [0.2, 0.25) is 0 Å². The maximum absolute atomic E-state index is 5.41. The second-order valence-electron chi connectivity index (χ2n) is 3.87. The summed E-state index contributed by atoms with van der Waals surface area (Å²) in [5, 5.41) is 0. The summed E-state index contributed by atoms with van der Waals surface area (Å²) in [5.74, 6) is 0.884. The highest BCUT2D eigenvalue weighted by atomic mass is 32.1. The first-order valence-electron chi connectivity index (χ1n) is 5.52. The number of hydrogen-bond acceptors (Lipinski definition) is 3. The molecule has 0 aliphatic rings. The summed E-state index contributed by atoms with van der Waals surface area (Å²) in [6.07, 6.45) is 0.976. The molecule has 2 aromatic rings. The van der Waals surface area contributed by atoms with E-state index in [4.69, 9.17) is 17.0 Å². The molecule has 4 heteroatoms. The van der Waals surface area contributed by atoms with E-state index in [9.17, 15) is 0 Å². The molecule has 0 saturated heterocycles. The van der Waals surface area contributed by atoms with Crippen LogP contribution >= 0.6 is 23.6 Å². The molecule has 1 aromatic heterocycles. The fraction of sp³-hybridized carbons (Fsp3) is 0.308. The molecule has 0 radical (unpaired) electrons. The summed E-state index contributed by atoms with van der Waals surface area (Å²) in [4.78, 5) is 4.54. The molecule has 2 nitrogen and oxygen atoms in total. The third-order valence-electron chi connectivity index (χ3n) is 2.67. The summed E-state index contributed by atoms with van der Waals surface area (Å²) in [5.41, 5.74) is 3.41. The third-order valence-corrected chi connectivity index (χ3v) is 4.05. The fourth-order valence-corrected chi connectivity index (χ4v) is 3.03. The maximum Gasteiger partial charge on any atom is 0.159 e. The van der Waals surface area contributed by atoms with Gasteiger partial charge in [0.1, 0.15) is 5.75 Å². The Morgan fingerprint density at radius 2 is 2.18 bits per heavy atom. The van der Waals surface area contributed by atoms with Crippen LogP contribution in [0.5, 0.6) is 5.75 Å². The van der Waals surface area contributed by atoms with Crippen LogP contribution in [0.15, 0.2) is 18.2 Å². The quantitative estimate of drug-likeness (QED) is 0.834. The summed E-state index contributed by atoms with van der Waals surface area (Å²) < 4.78 is 6.23. The lowest BCUT2D eigenvalue weighted by Crippen LogP contribution is -1.91. The molecular formula is C13H15NOS2. The van der Waals surface area contributed by atoms with E-state index >= 15 is 0 Å². The monoisotopic (exact) mass is 265 g/mol. The minimum absolute atomic E-state index is 0.820. The van der Waals surface area contributed by atoms with Crippen LogP contribution in [0.25, 0.3) is 11.3 Å². The Morgan fingerprint density at radius 1 is 1.41 bits per heavy atom. The first kappa shape index (κ1) is 12.3. The van der Waals surface area contributed by atoms with Gasteiger partial charge in [-0.05, 0) is 37.7 Å². The molecular weight excluding hydrogens is 250 g/mol. The van der Waals surface area contributed by atoms with Crippen molar-refractivity contribution >= 4 is 23.6 Å².